The van der Waals surface area contributed by atoms with E-state index < -0.39 is 11.9 Å². The van der Waals surface area contributed by atoms with Crippen molar-refractivity contribution in [2.75, 3.05) is 14.2 Å². The van der Waals surface area contributed by atoms with Crippen LogP contribution in [0, 0.1) is 13.8 Å². The second-order valence-electron chi connectivity index (χ2n) is 8.99. The number of hydrogen-bond donors (Lipinski definition) is 0. The average molecular weight is 474 g/mol. The number of aryl methyl sites for hydroxylation is 3. The number of fused-ring (bicyclic) bond motifs is 1. The number of benzene rings is 1. The third-order valence-electron chi connectivity index (χ3n) is 6.59. The van der Waals surface area contributed by atoms with Gasteiger partial charge in [-0.05, 0) is 73.6 Å². The summed E-state index contributed by atoms with van der Waals surface area (Å²) >= 11 is 0. The van der Waals surface area contributed by atoms with Gasteiger partial charge in [0, 0.05) is 25.5 Å². The smallest absolute Gasteiger partial charge is 0.338 e. The summed E-state index contributed by atoms with van der Waals surface area (Å²) in [5.41, 5.74) is 7.01. The number of esters is 2. The first kappa shape index (κ1) is 24.5. The zero-order valence-electron chi connectivity index (χ0n) is 20.7. The first-order valence-electron chi connectivity index (χ1n) is 11.8. The van der Waals surface area contributed by atoms with Gasteiger partial charge in [0.1, 0.15) is 0 Å². The average Bonchev–Trinajstić information content (AvgIpc) is 2.88. The second kappa shape index (κ2) is 10.8. The monoisotopic (exact) mass is 473 g/mol. The number of carbonyl (C=O) groups is 2. The molecule has 0 radical (unpaired) electrons. The molecular formula is C28H31N3O4. The molecule has 0 amide bonds. The predicted octanol–water partition coefficient (Wildman–Crippen LogP) is 4.75. The Hall–Kier alpha value is -3.58. The van der Waals surface area contributed by atoms with Crippen LogP contribution < -0.4 is 0 Å². The highest BCUT2D eigenvalue weighted by atomic mass is 16.5. The molecule has 1 aromatic carbocycles. The highest BCUT2D eigenvalue weighted by Gasteiger charge is 2.29. The molecule has 0 unspecified atom stereocenters. The molecule has 0 saturated carbocycles. The summed E-state index contributed by atoms with van der Waals surface area (Å²) in [5, 5.41) is 0. The molecule has 3 aromatic rings. The molecule has 0 spiro atoms. The Balaban J connectivity index is 1.76. The van der Waals surface area contributed by atoms with Crippen LogP contribution in [0.25, 0.3) is 0 Å². The standard InChI is InChI=1S/C28H31N3O4/c1-18-13-19(2)24(30-15-18)17-31(25-9-5-7-20-8-6-12-29-26(20)25)16-22-11-10-21(27(32)34-3)14-23(22)28(33)35-4/h6,8,10-15,25H,5,7,9,16-17H2,1-4H3/t25-/m0/s1. The fraction of sp³-hybridized carbons (Fsp3) is 0.357. The quantitative estimate of drug-likeness (QED) is 0.458. The van der Waals surface area contributed by atoms with Crippen molar-refractivity contribution >= 4 is 11.9 Å². The lowest BCUT2D eigenvalue weighted by molar-refractivity contribution is 0.0596. The van der Waals surface area contributed by atoms with E-state index in [9.17, 15) is 9.59 Å². The minimum atomic E-state index is -0.497. The highest BCUT2D eigenvalue weighted by molar-refractivity contribution is 5.96. The zero-order valence-corrected chi connectivity index (χ0v) is 20.7. The van der Waals surface area contributed by atoms with Crippen LogP contribution in [0.4, 0.5) is 0 Å². The number of methoxy groups -OCH3 is 2. The van der Waals surface area contributed by atoms with E-state index in [1.807, 2.05) is 31.5 Å². The molecule has 1 aliphatic carbocycles. The number of nitrogens with zero attached hydrogens (tertiary/aromatic N) is 3. The number of hydrogen-bond acceptors (Lipinski definition) is 7. The summed E-state index contributed by atoms with van der Waals surface area (Å²) in [4.78, 5) is 36.6. The Bertz CT molecular complexity index is 1240. The van der Waals surface area contributed by atoms with Gasteiger partial charge in [-0.25, -0.2) is 9.59 Å². The van der Waals surface area contributed by atoms with Crippen LogP contribution in [0.2, 0.25) is 0 Å². The molecule has 35 heavy (non-hydrogen) atoms. The molecule has 0 saturated heterocycles. The summed E-state index contributed by atoms with van der Waals surface area (Å²) in [7, 11) is 2.66. The van der Waals surface area contributed by atoms with Crippen molar-refractivity contribution in [3.63, 3.8) is 0 Å². The molecule has 2 heterocycles. The van der Waals surface area contributed by atoms with Gasteiger partial charge in [0.05, 0.1) is 42.8 Å². The molecule has 4 rings (SSSR count). The van der Waals surface area contributed by atoms with Crippen LogP contribution >= 0.6 is 0 Å². The maximum atomic E-state index is 12.7. The molecule has 7 heteroatoms. The van der Waals surface area contributed by atoms with E-state index in [0.717, 1.165) is 47.3 Å². The van der Waals surface area contributed by atoms with E-state index in [2.05, 4.69) is 24.0 Å². The van der Waals surface area contributed by atoms with Gasteiger partial charge in [-0.3, -0.25) is 14.9 Å². The zero-order chi connectivity index (χ0) is 24.9. The largest absolute Gasteiger partial charge is 0.465 e. The maximum Gasteiger partial charge on any atom is 0.338 e. The topological polar surface area (TPSA) is 81.6 Å². The number of carbonyl (C=O) groups excluding carboxylic acids is 2. The number of ether oxygens (including phenoxy) is 2. The molecule has 1 aliphatic rings. The van der Waals surface area contributed by atoms with Crippen molar-refractivity contribution in [2.24, 2.45) is 0 Å². The minimum Gasteiger partial charge on any atom is -0.465 e. The SMILES string of the molecule is COC(=O)c1ccc(CN(Cc2ncc(C)cc2C)[C@H]2CCCc3cccnc32)c(C(=O)OC)c1. The van der Waals surface area contributed by atoms with Gasteiger partial charge >= 0.3 is 11.9 Å². The van der Waals surface area contributed by atoms with Crippen LogP contribution in [-0.4, -0.2) is 41.0 Å². The van der Waals surface area contributed by atoms with Crippen LogP contribution in [0.15, 0.2) is 48.8 Å². The fourth-order valence-electron chi connectivity index (χ4n) is 4.80. The Kier molecular flexibility index (Phi) is 7.56. The molecule has 1 atom stereocenters. The van der Waals surface area contributed by atoms with Crippen LogP contribution in [-0.2, 0) is 29.0 Å². The third-order valence-corrected chi connectivity index (χ3v) is 6.59. The van der Waals surface area contributed by atoms with Crippen molar-refractivity contribution in [1.29, 1.82) is 0 Å². The summed E-state index contributed by atoms with van der Waals surface area (Å²) in [6.45, 7) is 5.19. The first-order valence-corrected chi connectivity index (χ1v) is 11.8. The number of pyridine rings is 2. The number of aromatic nitrogens is 2. The van der Waals surface area contributed by atoms with Gasteiger partial charge in [-0.2, -0.15) is 0 Å². The number of rotatable bonds is 7. The lowest BCUT2D eigenvalue weighted by Crippen LogP contribution is -2.32. The lowest BCUT2D eigenvalue weighted by Gasteiger charge is -2.35. The minimum absolute atomic E-state index is 0.0771. The molecular weight excluding hydrogens is 442 g/mol. The molecule has 7 nitrogen and oxygen atoms in total. The Morgan fingerprint density at radius 1 is 1.03 bits per heavy atom. The Morgan fingerprint density at radius 3 is 2.57 bits per heavy atom. The first-order chi connectivity index (χ1) is 16.9. The molecule has 0 aliphatic heterocycles. The van der Waals surface area contributed by atoms with Crippen molar-refractivity contribution in [3.8, 4) is 0 Å². The van der Waals surface area contributed by atoms with Gasteiger partial charge < -0.3 is 9.47 Å². The summed E-state index contributed by atoms with van der Waals surface area (Å²) in [5.74, 6) is -0.985. The maximum absolute atomic E-state index is 12.7. The normalized spacial score (nSPS) is 14.9. The van der Waals surface area contributed by atoms with E-state index >= 15 is 0 Å². The van der Waals surface area contributed by atoms with E-state index in [4.69, 9.17) is 19.4 Å². The molecule has 0 fully saturated rings. The molecule has 182 valence electrons. The van der Waals surface area contributed by atoms with Gasteiger partial charge in [0.15, 0.2) is 0 Å². The van der Waals surface area contributed by atoms with Crippen LogP contribution in [0.5, 0.6) is 0 Å². The molecule has 0 N–H and O–H groups in total. The van der Waals surface area contributed by atoms with E-state index in [-0.39, 0.29) is 6.04 Å². The van der Waals surface area contributed by atoms with Gasteiger partial charge in [0.25, 0.3) is 0 Å². The van der Waals surface area contributed by atoms with E-state index in [1.165, 1.54) is 19.8 Å². The second-order valence-corrected chi connectivity index (χ2v) is 8.99. The Morgan fingerprint density at radius 2 is 1.83 bits per heavy atom. The summed E-state index contributed by atoms with van der Waals surface area (Å²) in [6.07, 6.45) is 6.76. The molecule has 0 bridgehead atoms. The van der Waals surface area contributed by atoms with Crippen molar-refractivity contribution in [3.05, 3.63) is 93.6 Å². The van der Waals surface area contributed by atoms with Crippen molar-refractivity contribution in [1.82, 2.24) is 14.9 Å². The van der Waals surface area contributed by atoms with Gasteiger partial charge in [-0.15, -0.1) is 0 Å². The van der Waals surface area contributed by atoms with E-state index in [1.54, 1.807) is 12.1 Å². The van der Waals surface area contributed by atoms with Gasteiger partial charge in [-0.1, -0.05) is 18.2 Å². The van der Waals surface area contributed by atoms with Crippen LogP contribution in [0.3, 0.4) is 0 Å². The summed E-state index contributed by atoms with van der Waals surface area (Å²) in [6, 6.07) is 11.4. The van der Waals surface area contributed by atoms with E-state index in [0.29, 0.717) is 24.2 Å². The highest BCUT2D eigenvalue weighted by Crippen LogP contribution is 2.35. The molecule has 2 aromatic heterocycles. The summed E-state index contributed by atoms with van der Waals surface area (Å²) < 4.78 is 9.89. The lowest BCUT2D eigenvalue weighted by atomic mass is 9.90. The van der Waals surface area contributed by atoms with Gasteiger partial charge in [0.2, 0.25) is 0 Å². The Labute approximate surface area is 206 Å². The third kappa shape index (κ3) is 5.41. The fourth-order valence-corrected chi connectivity index (χ4v) is 4.80. The van der Waals surface area contributed by atoms with Crippen LogP contribution in [0.1, 0.15) is 73.2 Å². The van der Waals surface area contributed by atoms with Crippen molar-refractivity contribution in [2.45, 2.75) is 52.2 Å². The predicted molar refractivity (Wildman–Crippen MR) is 132 cm³/mol. The van der Waals surface area contributed by atoms with Crippen molar-refractivity contribution < 1.29 is 19.1 Å².